The van der Waals surface area contributed by atoms with E-state index in [2.05, 4.69) is 19.9 Å². The van der Waals surface area contributed by atoms with Crippen LogP contribution in [0.25, 0.3) is 21.9 Å². The Morgan fingerprint density at radius 1 is 1.30 bits per heavy atom. The van der Waals surface area contributed by atoms with Crippen LogP contribution in [0.15, 0.2) is 42.6 Å². The first-order valence-electron chi connectivity index (χ1n) is 8.57. The number of ether oxygens (including phenoxy) is 1. The molecule has 0 unspecified atom stereocenters. The lowest BCUT2D eigenvalue weighted by molar-refractivity contribution is 0.0603. The van der Waals surface area contributed by atoms with Crippen LogP contribution in [0, 0.1) is 0 Å². The van der Waals surface area contributed by atoms with E-state index >= 15 is 0 Å². The van der Waals surface area contributed by atoms with Gasteiger partial charge >= 0.3 is 5.97 Å². The van der Waals surface area contributed by atoms with E-state index in [4.69, 9.17) is 16.3 Å². The first kappa shape index (κ1) is 17.6. The standard InChI is InChI=1S/C20H19ClN4O2/c1-25-17-7-6-13(21)8-16(17)24-18(25)11-22-9-12-10-23-19-14(12)4-3-5-15(19)20(26)27-2/h3-8,10,22-23H,9,11H2,1-2H3. The summed E-state index contributed by atoms with van der Waals surface area (Å²) in [5, 5.41) is 5.11. The van der Waals surface area contributed by atoms with Gasteiger partial charge in [0.1, 0.15) is 5.82 Å². The fourth-order valence-electron chi connectivity index (χ4n) is 3.33. The second kappa shape index (κ2) is 7.06. The van der Waals surface area contributed by atoms with Gasteiger partial charge in [-0.25, -0.2) is 9.78 Å². The van der Waals surface area contributed by atoms with E-state index in [1.54, 1.807) is 6.07 Å². The van der Waals surface area contributed by atoms with E-state index in [1.807, 2.05) is 43.6 Å². The highest BCUT2D eigenvalue weighted by Crippen LogP contribution is 2.23. The molecule has 0 aliphatic carbocycles. The maximum atomic E-state index is 11.9. The van der Waals surface area contributed by atoms with Crippen LogP contribution in [0.4, 0.5) is 0 Å². The molecule has 0 saturated heterocycles. The summed E-state index contributed by atoms with van der Waals surface area (Å²) < 4.78 is 6.91. The van der Waals surface area contributed by atoms with Crippen LogP contribution in [-0.2, 0) is 24.9 Å². The normalized spacial score (nSPS) is 11.4. The van der Waals surface area contributed by atoms with E-state index in [-0.39, 0.29) is 5.97 Å². The molecule has 27 heavy (non-hydrogen) atoms. The van der Waals surface area contributed by atoms with Crippen LogP contribution in [0.5, 0.6) is 0 Å². The van der Waals surface area contributed by atoms with Crippen LogP contribution in [0.3, 0.4) is 0 Å². The minimum absolute atomic E-state index is 0.347. The average molecular weight is 383 g/mol. The van der Waals surface area contributed by atoms with Gasteiger partial charge in [-0.1, -0.05) is 23.7 Å². The molecule has 2 heterocycles. The van der Waals surface area contributed by atoms with Gasteiger partial charge in [0, 0.05) is 30.2 Å². The van der Waals surface area contributed by atoms with Gasteiger partial charge in [-0.15, -0.1) is 0 Å². The second-order valence-electron chi connectivity index (χ2n) is 6.36. The number of fused-ring (bicyclic) bond motifs is 2. The van der Waals surface area contributed by atoms with Crippen LogP contribution in [0.1, 0.15) is 21.7 Å². The summed E-state index contributed by atoms with van der Waals surface area (Å²) in [4.78, 5) is 19.7. The van der Waals surface area contributed by atoms with E-state index in [1.165, 1.54) is 7.11 Å². The van der Waals surface area contributed by atoms with E-state index in [9.17, 15) is 4.79 Å². The highest BCUT2D eigenvalue weighted by molar-refractivity contribution is 6.31. The molecule has 2 aromatic carbocycles. The summed E-state index contributed by atoms with van der Waals surface area (Å²) in [5.41, 5.74) is 4.34. The third-order valence-electron chi connectivity index (χ3n) is 4.74. The van der Waals surface area contributed by atoms with Crippen LogP contribution in [0.2, 0.25) is 5.02 Å². The summed E-state index contributed by atoms with van der Waals surface area (Å²) >= 11 is 6.05. The summed E-state index contributed by atoms with van der Waals surface area (Å²) in [6, 6.07) is 11.3. The number of H-pyrrole nitrogens is 1. The molecule has 0 amide bonds. The molecule has 0 fully saturated rings. The lowest BCUT2D eigenvalue weighted by Gasteiger charge is -2.05. The number of esters is 1. The van der Waals surface area contributed by atoms with E-state index in [0.29, 0.717) is 23.7 Å². The Bertz CT molecular complexity index is 1150. The Morgan fingerprint density at radius 2 is 2.15 bits per heavy atom. The van der Waals surface area contributed by atoms with Gasteiger partial charge in [0.15, 0.2) is 0 Å². The molecule has 6 nitrogen and oxygen atoms in total. The lowest BCUT2D eigenvalue weighted by atomic mass is 10.1. The van der Waals surface area contributed by atoms with Crippen molar-refractivity contribution in [1.82, 2.24) is 19.9 Å². The zero-order valence-electron chi connectivity index (χ0n) is 15.0. The number of nitrogens with zero attached hydrogens (tertiary/aromatic N) is 2. The Hall–Kier alpha value is -2.83. The highest BCUT2D eigenvalue weighted by atomic mass is 35.5. The Labute approximate surface area is 161 Å². The fourth-order valence-corrected chi connectivity index (χ4v) is 3.50. The van der Waals surface area contributed by atoms with E-state index in [0.717, 1.165) is 33.3 Å². The quantitative estimate of drug-likeness (QED) is 0.515. The van der Waals surface area contributed by atoms with Gasteiger partial charge in [0.25, 0.3) is 0 Å². The number of para-hydroxylation sites is 1. The Kier molecular flexibility index (Phi) is 4.59. The van der Waals surface area contributed by atoms with Crippen molar-refractivity contribution in [2.24, 2.45) is 7.05 Å². The number of aryl methyl sites for hydroxylation is 1. The molecule has 138 valence electrons. The van der Waals surface area contributed by atoms with Gasteiger partial charge in [0.2, 0.25) is 0 Å². The molecule has 4 rings (SSSR count). The number of rotatable bonds is 5. The first-order valence-corrected chi connectivity index (χ1v) is 8.95. The minimum atomic E-state index is -0.347. The maximum absolute atomic E-state index is 11.9. The molecule has 4 aromatic rings. The van der Waals surface area contributed by atoms with Crippen molar-refractivity contribution >= 4 is 39.5 Å². The van der Waals surface area contributed by atoms with Crippen molar-refractivity contribution in [3.63, 3.8) is 0 Å². The molecule has 0 atom stereocenters. The number of nitrogens with one attached hydrogen (secondary N) is 2. The molecule has 0 aliphatic rings. The molecule has 0 bridgehead atoms. The second-order valence-corrected chi connectivity index (χ2v) is 6.79. The minimum Gasteiger partial charge on any atom is -0.465 e. The van der Waals surface area contributed by atoms with Gasteiger partial charge < -0.3 is 19.6 Å². The number of imidazole rings is 1. The molecule has 2 N–H and O–H groups in total. The molecule has 0 spiro atoms. The predicted octanol–water partition coefficient (Wildman–Crippen LogP) is 3.78. The SMILES string of the molecule is COC(=O)c1cccc2c(CNCc3nc4cc(Cl)ccc4n3C)c[nH]c12. The summed E-state index contributed by atoms with van der Waals surface area (Å²) in [5.74, 6) is 0.586. The zero-order valence-corrected chi connectivity index (χ0v) is 15.8. The molecular formula is C20H19ClN4O2. The van der Waals surface area contributed by atoms with Gasteiger partial charge in [0.05, 0.1) is 35.8 Å². The molecular weight excluding hydrogens is 364 g/mol. The van der Waals surface area contributed by atoms with Gasteiger partial charge in [-0.3, -0.25) is 0 Å². The molecule has 2 aromatic heterocycles. The molecule has 0 saturated carbocycles. The Balaban J connectivity index is 1.53. The number of carbonyl (C=O) groups excluding carboxylic acids is 1. The number of aromatic nitrogens is 3. The maximum Gasteiger partial charge on any atom is 0.339 e. The number of methoxy groups -OCH3 is 1. The zero-order chi connectivity index (χ0) is 19.0. The van der Waals surface area contributed by atoms with E-state index < -0.39 is 0 Å². The summed E-state index contributed by atoms with van der Waals surface area (Å²) in [6.45, 7) is 1.26. The largest absolute Gasteiger partial charge is 0.465 e. The van der Waals surface area contributed by atoms with Gasteiger partial charge in [-0.2, -0.15) is 0 Å². The van der Waals surface area contributed by atoms with Crippen LogP contribution >= 0.6 is 11.6 Å². The van der Waals surface area contributed by atoms with Crippen molar-refractivity contribution in [2.45, 2.75) is 13.1 Å². The fraction of sp³-hybridized carbons (Fsp3) is 0.200. The number of benzene rings is 2. The smallest absolute Gasteiger partial charge is 0.339 e. The topological polar surface area (TPSA) is 71.9 Å². The average Bonchev–Trinajstić information content (AvgIpc) is 3.22. The monoisotopic (exact) mass is 382 g/mol. The van der Waals surface area contributed by atoms with Crippen molar-refractivity contribution in [2.75, 3.05) is 7.11 Å². The van der Waals surface area contributed by atoms with Crippen molar-refractivity contribution in [1.29, 1.82) is 0 Å². The number of hydrogen-bond donors (Lipinski definition) is 2. The van der Waals surface area contributed by atoms with Crippen LogP contribution in [-0.4, -0.2) is 27.6 Å². The van der Waals surface area contributed by atoms with Crippen LogP contribution < -0.4 is 5.32 Å². The Morgan fingerprint density at radius 3 is 2.96 bits per heavy atom. The lowest BCUT2D eigenvalue weighted by Crippen LogP contribution is -2.15. The van der Waals surface area contributed by atoms with Crippen molar-refractivity contribution in [3.05, 3.63) is 64.6 Å². The first-order chi connectivity index (χ1) is 13.1. The van der Waals surface area contributed by atoms with Crippen molar-refractivity contribution in [3.8, 4) is 0 Å². The predicted molar refractivity (Wildman–Crippen MR) is 106 cm³/mol. The molecule has 0 aliphatic heterocycles. The third-order valence-corrected chi connectivity index (χ3v) is 4.98. The molecule has 0 radical (unpaired) electrons. The number of carbonyl (C=O) groups is 1. The highest BCUT2D eigenvalue weighted by Gasteiger charge is 2.14. The van der Waals surface area contributed by atoms with Crippen molar-refractivity contribution < 1.29 is 9.53 Å². The molecule has 7 heteroatoms. The summed E-state index contributed by atoms with van der Waals surface area (Å²) in [6.07, 6.45) is 1.92. The number of aromatic amines is 1. The number of halogens is 1. The number of hydrogen-bond acceptors (Lipinski definition) is 4. The third kappa shape index (κ3) is 3.18. The van der Waals surface area contributed by atoms with Gasteiger partial charge in [-0.05, 0) is 29.8 Å². The summed E-state index contributed by atoms with van der Waals surface area (Å²) in [7, 11) is 3.38.